The van der Waals surface area contributed by atoms with Gasteiger partial charge < -0.3 is 0 Å². The average Bonchev–Trinajstić information content (AvgIpc) is 2.17. The predicted molar refractivity (Wildman–Crippen MR) is 38.6 cm³/mol. The van der Waals surface area contributed by atoms with Crippen LogP contribution >= 0.6 is 0 Å². The number of aliphatic imine (C=N–C) groups is 1. The maximum Gasteiger partial charge on any atom is 0.0388 e. The van der Waals surface area contributed by atoms with Gasteiger partial charge in [-0.05, 0) is 19.1 Å². The van der Waals surface area contributed by atoms with Gasteiger partial charge in [-0.25, -0.2) is 0 Å². The highest BCUT2D eigenvalue weighted by molar-refractivity contribution is 5.58. The molecule has 0 N–H and O–H groups in total. The van der Waals surface area contributed by atoms with Gasteiger partial charge in [-0.15, -0.1) is 0 Å². The van der Waals surface area contributed by atoms with Crippen molar-refractivity contribution < 1.29 is 0 Å². The van der Waals surface area contributed by atoms with E-state index < -0.39 is 0 Å². The molecule has 0 radical (unpaired) electrons. The third-order valence-electron chi connectivity index (χ3n) is 0.750. The largest absolute Gasteiger partial charge is 0.298 e. The van der Waals surface area contributed by atoms with Gasteiger partial charge in [0.05, 0.1) is 0 Å². The lowest BCUT2D eigenvalue weighted by atomic mass is 10.4. The van der Waals surface area contributed by atoms with Gasteiger partial charge >= 0.3 is 0 Å². The monoisotopic (exact) mass is 113 g/mol. The third-order valence-corrected chi connectivity index (χ3v) is 0.750. The highest BCUT2D eigenvalue weighted by atomic mass is 14.7. The molecule has 0 amide bonds. The highest BCUT2D eigenvalue weighted by Crippen LogP contribution is 1.92. The van der Waals surface area contributed by atoms with Crippen LogP contribution in [0.3, 0.4) is 0 Å². The zero-order chi connectivity index (χ0) is 6.24. The van der Waals surface area contributed by atoms with Gasteiger partial charge in [0.25, 0.3) is 0 Å². The summed E-state index contributed by atoms with van der Waals surface area (Å²) in [6.45, 7) is 5.32. The standard InChI is InChI=1S/C4H7N.C3H8/c1-2-4-5-3-1;1-3-2/h3H,1-2,4H2;3H2,1-2H3. The number of hydrogen-bond acceptors (Lipinski definition) is 1. The van der Waals surface area contributed by atoms with E-state index in [1.165, 1.54) is 19.3 Å². The molecule has 1 heteroatoms. The van der Waals surface area contributed by atoms with Crippen molar-refractivity contribution in [2.75, 3.05) is 6.54 Å². The molecule has 0 aromatic heterocycles. The summed E-state index contributed by atoms with van der Waals surface area (Å²) in [5.41, 5.74) is 0. The minimum absolute atomic E-state index is 1.07. The first-order valence-electron chi connectivity index (χ1n) is 3.40. The first kappa shape index (κ1) is 7.67. The average molecular weight is 113 g/mol. The summed E-state index contributed by atoms with van der Waals surface area (Å²) >= 11 is 0. The van der Waals surface area contributed by atoms with Crippen LogP contribution in [-0.4, -0.2) is 12.8 Å². The molecule has 1 rings (SSSR count). The predicted octanol–water partition coefficient (Wildman–Crippen LogP) is 2.27. The summed E-state index contributed by atoms with van der Waals surface area (Å²) in [6.07, 6.45) is 5.72. The molecule has 0 aromatic carbocycles. The first-order chi connectivity index (χ1) is 3.91. The van der Waals surface area contributed by atoms with Crippen molar-refractivity contribution in [1.29, 1.82) is 0 Å². The molecule has 0 aliphatic carbocycles. The molecule has 0 aromatic rings. The van der Waals surface area contributed by atoms with Gasteiger partial charge in [-0.3, -0.25) is 4.99 Å². The van der Waals surface area contributed by atoms with Crippen LogP contribution in [0.2, 0.25) is 0 Å². The van der Waals surface area contributed by atoms with E-state index in [9.17, 15) is 0 Å². The molecule has 0 atom stereocenters. The van der Waals surface area contributed by atoms with E-state index in [-0.39, 0.29) is 0 Å². The SMILES string of the molecule is C1=NCCC1.CCC. The molecule has 1 heterocycles. The van der Waals surface area contributed by atoms with E-state index in [1.54, 1.807) is 0 Å². The maximum absolute atomic E-state index is 3.96. The van der Waals surface area contributed by atoms with Crippen LogP contribution in [-0.2, 0) is 0 Å². The first-order valence-corrected chi connectivity index (χ1v) is 3.40. The Morgan fingerprint density at radius 2 is 2.12 bits per heavy atom. The highest BCUT2D eigenvalue weighted by Gasteiger charge is 1.85. The lowest BCUT2D eigenvalue weighted by molar-refractivity contribution is 0.952. The van der Waals surface area contributed by atoms with Gasteiger partial charge in [-0.1, -0.05) is 20.3 Å². The van der Waals surface area contributed by atoms with Gasteiger partial charge in [-0.2, -0.15) is 0 Å². The molecule has 0 spiro atoms. The summed E-state index contributed by atoms with van der Waals surface area (Å²) < 4.78 is 0. The topological polar surface area (TPSA) is 12.4 Å². The van der Waals surface area contributed by atoms with Crippen LogP contribution in [0.4, 0.5) is 0 Å². The Morgan fingerprint density at radius 3 is 2.25 bits per heavy atom. The fraction of sp³-hybridized carbons (Fsp3) is 0.857. The van der Waals surface area contributed by atoms with Crippen molar-refractivity contribution in [3.05, 3.63) is 0 Å². The van der Waals surface area contributed by atoms with Crippen molar-refractivity contribution in [3.63, 3.8) is 0 Å². The molecule has 0 saturated heterocycles. The van der Waals surface area contributed by atoms with Crippen LogP contribution in [0.15, 0.2) is 4.99 Å². The molecule has 1 aliphatic rings. The zero-order valence-electron chi connectivity index (χ0n) is 5.85. The molecular formula is C7H15N. The summed E-state index contributed by atoms with van der Waals surface area (Å²) in [6, 6.07) is 0. The molecular weight excluding hydrogens is 98.1 g/mol. The van der Waals surface area contributed by atoms with Crippen LogP contribution in [0, 0.1) is 0 Å². The Morgan fingerprint density at radius 1 is 1.50 bits per heavy atom. The quantitative estimate of drug-likeness (QED) is 0.457. The summed E-state index contributed by atoms with van der Waals surface area (Å²) in [4.78, 5) is 3.96. The van der Waals surface area contributed by atoms with E-state index in [0.717, 1.165) is 6.54 Å². The molecule has 0 bridgehead atoms. The van der Waals surface area contributed by atoms with Crippen molar-refractivity contribution in [3.8, 4) is 0 Å². The van der Waals surface area contributed by atoms with Crippen LogP contribution in [0.1, 0.15) is 33.1 Å². The van der Waals surface area contributed by atoms with Crippen molar-refractivity contribution in [2.24, 2.45) is 4.99 Å². The van der Waals surface area contributed by atoms with E-state index in [2.05, 4.69) is 18.8 Å². The van der Waals surface area contributed by atoms with E-state index in [0.29, 0.717) is 0 Å². The van der Waals surface area contributed by atoms with Gasteiger partial charge in [0.2, 0.25) is 0 Å². The van der Waals surface area contributed by atoms with Crippen molar-refractivity contribution >= 4 is 6.21 Å². The summed E-state index contributed by atoms with van der Waals surface area (Å²) in [5, 5.41) is 0. The second kappa shape index (κ2) is 6.67. The fourth-order valence-electron chi connectivity index (χ4n) is 0.456. The van der Waals surface area contributed by atoms with Gasteiger partial charge in [0.15, 0.2) is 0 Å². The molecule has 0 fully saturated rings. The second-order valence-electron chi connectivity index (χ2n) is 1.94. The molecule has 0 unspecified atom stereocenters. The minimum atomic E-state index is 1.07. The van der Waals surface area contributed by atoms with Gasteiger partial charge in [0.1, 0.15) is 0 Å². The third kappa shape index (κ3) is 5.67. The summed E-state index contributed by atoms with van der Waals surface area (Å²) in [5.74, 6) is 0. The van der Waals surface area contributed by atoms with Crippen LogP contribution in [0.5, 0.6) is 0 Å². The van der Waals surface area contributed by atoms with E-state index in [1.807, 2.05) is 6.21 Å². The maximum atomic E-state index is 3.96. The number of nitrogens with zero attached hydrogens (tertiary/aromatic N) is 1. The van der Waals surface area contributed by atoms with Gasteiger partial charge in [0, 0.05) is 6.54 Å². The molecule has 48 valence electrons. The Balaban J connectivity index is 0.000000145. The van der Waals surface area contributed by atoms with Crippen molar-refractivity contribution in [1.82, 2.24) is 0 Å². The summed E-state index contributed by atoms with van der Waals surface area (Å²) in [7, 11) is 0. The Labute approximate surface area is 51.8 Å². The van der Waals surface area contributed by atoms with E-state index in [4.69, 9.17) is 0 Å². The van der Waals surface area contributed by atoms with Crippen LogP contribution < -0.4 is 0 Å². The normalized spacial score (nSPS) is 15.2. The molecule has 8 heavy (non-hydrogen) atoms. The fourth-order valence-corrected chi connectivity index (χ4v) is 0.456. The number of hydrogen-bond donors (Lipinski definition) is 0. The smallest absolute Gasteiger partial charge is 0.0388 e. The Kier molecular flexibility index (Phi) is 6.39. The molecule has 0 saturated carbocycles. The number of rotatable bonds is 0. The Bertz CT molecular complexity index is 51.4. The van der Waals surface area contributed by atoms with E-state index >= 15 is 0 Å². The lowest BCUT2D eigenvalue weighted by Gasteiger charge is -1.67. The minimum Gasteiger partial charge on any atom is -0.298 e. The zero-order valence-corrected chi connectivity index (χ0v) is 5.85. The lowest BCUT2D eigenvalue weighted by Crippen LogP contribution is -1.62. The van der Waals surface area contributed by atoms with Crippen LogP contribution in [0.25, 0.3) is 0 Å². The Hall–Kier alpha value is -0.330. The molecule has 1 nitrogen and oxygen atoms in total. The second-order valence-corrected chi connectivity index (χ2v) is 1.94. The van der Waals surface area contributed by atoms with Crippen molar-refractivity contribution in [2.45, 2.75) is 33.1 Å². The molecule has 1 aliphatic heterocycles.